The predicted octanol–water partition coefficient (Wildman–Crippen LogP) is 1.44. The fourth-order valence-electron chi connectivity index (χ4n) is 0.670. The van der Waals surface area contributed by atoms with Crippen LogP contribution >= 0.6 is 15.9 Å². The molecule has 0 fully saturated rings. The molecule has 0 aromatic carbocycles. The lowest BCUT2D eigenvalue weighted by molar-refractivity contribution is 0.150. The summed E-state index contributed by atoms with van der Waals surface area (Å²) in [6.45, 7) is 0.165. The first-order chi connectivity index (χ1) is 5.70. The second-order valence-corrected chi connectivity index (χ2v) is 2.93. The normalized spacial score (nSPS) is 9.42. The molecule has 0 atom stereocenters. The van der Waals surface area contributed by atoms with Crippen molar-refractivity contribution in [3.63, 3.8) is 0 Å². The summed E-state index contributed by atoms with van der Waals surface area (Å²) in [5, 5.41) is 0. The van der Waals surface area contributed by atoms with Gasteiger partial charge in [0.2, 0.25) is 0 Å². The van der Waals surface area contributed by atoms with Gasteiger partial charge in [0.15, 0.2) is 0 Å². The molecule has 1 rings (SSSR count). The van der Waals surface area contributed by atoms with Crippen molar-refractivity contribution in [3.05, 3.63) is 28.5 Å². The maximum absolute atomic E-state index is 10.3. The van der Waals surface area contributed by atoms with E-state index in [9.17, 15) is 4.79 Å². The van der Waals surface area contributed by atoms with Crippen LogP contribution in [0, 0.1) is 0 Å². The highest BCUT2D eigenvalue weighted by Crippen LogP contribution is 2.14. The van der Waals surface area contributed by atoms with Gasteiger partial charge in [-0.3, -0.25) is 4.98 Å². The smallest absolute Gasteiger partial charge is 0.404 e. The number of carbonyl (C=O) groups is 1. The number of ether oxygens (including phenoxy) is 1. The van der Waals surface area contributed by atoms with E-state index in [1.54, 1.807) is 18.5 Å². The first-order valence-corrected chi connectivity index (χ1v) is 4.00. The molecule has 1 amide bonds. The Bertz CT molecular complexity index is 290. The zero-order valence-corrected chi connectivity index (χ0v) is 7.74. The highest BCUT2D eigenvalue weighted by atomic mass is 79.9. The van der Waals surface area contributed by atoms with Crippen molar-refractivity contribution in [1.29, 1.82) is 0 Å². The molecule has 12 heavy (non-hydrogen) atoms. The number of hydrogen-bond acceptors (Lipinski definition) is 3. The summed E-state index contributed by atoms with van der Waals surface area (Å²) in [5.74, 6) is 0. The topological polar surface area (TPSA) is 65.2 Å². The predicted molar refractivity (Wildman–Crippen MR) is 46.3 cm³/mol. The van der Waals surface area contributed by atoms with Crippen LogP contribution in [0.15, 0.2) is 22.9 Å². The van der Waals surface area contributed by atoms with Crippen LogP contribution in [0.4, 0.5) is 4.79 Å². The molecular formula is C7H7BrN2O2. The fourth-order valence-corrected chi connectivity index (χ4v) is 1.03. The minimum Gasteiger partial charge on any atom is -0.445 e. The summed E-state index contributed by atoms with van der Waals surface area (Å²) < 4.78 is 5.39. The van der Waals surface area contributed by atoms with E-state index in [-0.39, 0.29) is 6.61 Å². The molecule has 64 valence electrons. The van der Waals surface area contributed by atoms with Crippen LogP contribution < -0.4 is 5.73 Å². The molecule has 0 spiro atoms. The number of nitrogens with zero attached hydrogens (tertiary/aromatic N) is 1. The van der Waals surface area contributed by atoms with Crippen molar-refractivity contribution in [1.82, 2.24) is 4.98 Å². The van der Waals surface area contributed by atoms with Crippen molar-refractivity contribution >= 4 is 22.0 Å². The van der Waals surface area contributed by atoms with Crippen LogP contribution in [0.3, 0.4) is 0 Å². The number of nitrogens with two attached hydrogens (primary N) is 1. The number of halogens is 1. The average molecular weight is 231 g/mol. The molecule has 0 saturated heterocycles. The Morgan fingerprint density at radius 2 is 2.50 bits per heavy atom. The number of amides is 1. The summed E-state index contributed by atoms with van der Waals surface area (Å²) in [7, 11) is 0. The Balaban J connectivity index is 2.63. The zero-order chi connectivity index (χ0) is 8.97. The van der Waals surface area contributed by atoms with E-state index < -0.39 is 6.09 Å². The summed E-state index contributed by atoms with van der Waals surface area (Å²) >= 11 is 3.25. The molecular weight excluding hydrogens is 224 g/mol. The van der Waals surface area contributed by atoms with Crippen LogP contribution in [-0.4, -0.2) is 11.1 Å². The lowest BCUT2D eigenvalue weighted by Crippen LogP contribution is -2.12. The summed E-state index contributed by atoms with van der Waals surface area (Å²) in [5.41, 5.74) is 5.64. The Morgan fingerprint density at radius 1 is 1.75 bits per heavy atom. The number of rotatable bonds is 2. The van der Waals surface area contributed by atoms with E-state index in [0.29, 0.717) is 0 Å². The van der Waals surface area contributed by atoms with Gasteiger partial charge in [0, 0.05) is 22.4 Å². The van der Waals surface area contributed by atoms with Gasteiger partial charge < -0.3 is 10.5 Å². The first kappa shape index (κ1) is 8.99. The number of aromatic nitrogens is 1. The summed E-state index contributed by atoms with van der Waals surface area (Å²) in [6.07, 6.45) is 2.46. The van der Waals surface area contributed by atoms with Gasteiger partial charge in [-0.1, -0.05) is 0 Å². The Labute approximate surface area is 77.9 Å². The van der Waals surface area contributed by atoms with E-state index in [1.165, 1.54) is 0 Å². The maximum Gasteiger partial charge on any atom is 0.404 e. The van der Waals surface area contributed by atoms with Gasteiger partial charge in [-0.05, 0) is 22.0 Å². The zero-order valence-electron chi connectivity index (χ0n) is 6.16. The quantitative estimate of drug-likeness (QED) is 0.837. The number of hydrogen-bond donors (Lipinski definition) is 1. The standard InChI is InChI=1S/C7H7BrN2O2/c8-6-3-10-2-1-5(6)4-12-7(9)11/h1-3H,4H2,(H2,9,11). The molecule has 1 heterocycles. The first-order valence-electron chi connectivity index (χ1n) is 3.21. The Morgan fingerprint density at radius 3 is 3.08 bits per heavy atom. The van der Waals surface area contributed by atoms with Gasteiger partial charge >= 0.3 is 6.09 Å². The summed E-state index contributed by atoms with van der Waals surface area (Å²) in [6, 6.07) is 1.74. The molecule has 0 aliphatic heterocycles. The third-order valence-corrected chi connectivity index (χ3v) is 1.94. The van der Waals surface area contributed by atoms with Crippen LogP contribution in [0.5, 0.6) is 0 Å². The van der Waals surface area contributed by atoms with Crippen molar-refractivity contribution in [3.8, 4) is 0 Å². The van der Waals surface area contributed by atoms with E-state index >= 15 is 0 Å². The van der Waals surface area contributed by atoms with Crippen molar-refractivity contribution in [2.75, 3.05) is 0 Å². The molecule has 0 saturated carbocycles. The largest absolute Gasteiger partial charge is 0.445 e. The number of primary amides is 1. The van der Waals surface area contributed by atoms with Gasteiger partial charge in [0.05, 0.1) is 0 Å². The SMILES string of the molecule is NC(=O)OCc1ccncc1Br. The summed E-state index contributed by atoms with van der Waals surface area (Å²) in [4.78, 5) is 14.1. The van der Waals surface area contributed by atoms with Crippen LogP contribution in [0.2, 0.25) is 0 Å². The highest BCUT2D eigenvalue weighted by Gasteiger charge is 2.00. The molecule has 0 aliphatic carbocycles. The number of pyridine rings is 1. The molecule has 2 N–H and O–H groups in total. The Hall–Kier alpha value is -1.10. The van der Waals surface area contributed by atoms with Crippen LogP contribution in [0.1, 0.15) is 5.56 Å². The van der Waals surface area contributed by atoms with Crippen molar-refractivity contribution < 1.29 is 9.53 Å². The minimum atomic E-state index is -0.779. The fraction of sp³-hybridized carbons (Fsp3) is 0.143. The molecule has 1 aromatic rings. The van der Waals surface area contributed by atoms with Gasteiger partial charge in [0.1, 0.15) is 6.61 Å². The monoisotopic (exact) mass is 230 g/mol. The highest BCUT2D eigenvalue weighted by molar-refractivity contribution is 9.10. The van der Waals surface area contributed by atoms with Gasteiger partial charge in [-0.25, -0.2) is 4.79 Å². The molecule has 1 aromatic heterocycles. The maximum atomic E-state index is 10.3. The third-order valence-electron chi connectivity index (χ3n) is 1.23. The average Bonchev–Trinajstić information content (AvgIpc) is 2.03. The van der Waals surface area contributed by atoms with Crippen LogP contribution in [0.25, 0.3) is 0 Å². The second kappa shape index (κ2) is 4.06. The second-order valence-electron chi connectivity index (χ2n) is 2.07. The lowest BCUT2D eigenvalue weighted by Gasteiger charge is -2.02. The molecule has 0 bridgehead atoms. The molecule has 0 unspecified atom stereocenters. The molecule has 4 nitrogen and oxygen atoms in total. The lowest BCUT2D eigenvalue weighted by atomic mass is 10.3. The molecule has 0 radical (unpaired) electrons. The van der Waals surface area contributed by atoms with Gasteiger partial charge in [0.25, 0.3) is 0 Å². The van der Waals surface area contributed by atoms with Crippen molar-refractivity contribution in [2.24, 2.45) is 5.73 Å². The number of carbonyl (C=O) groups excluding carboxylic acids is 1. The van der Waals surface area contributed by atoms with E-state index in [1.807, 2.05) is 0 Å². The third kappa shape index (κ3) is 2.50. The Kier molecular flexibility index (Phi) is 3.04. The molecule has 5 heteroatoms. The van der Waals surface area contributed by atoms with Crippen molar-refractivity contribution in [2.45, 2.75) is 6.61 Å². The van der Waals surface area contributed by atoms with E-state index in [0.717, 1.165) is 10.0 Å². The van der Waals surface area contributed by atoms with Gasteiger partial charge in [-0.15, -0.1) is 0 Å². The van der Waals surface area contributed by atoms with E-state index in [2.05, 4.69) is 25.7 Å². The van der Waals surface area contributed by atoms with Gasteiger partial charge in [-0.2, -0.15) is 0 Å². The van der Waals surface area contributed by atoms with Crippen LogP contribution in [-0.2, 0) is 11.3 Å². The minimum absolute atomic E-state index is 0.165. The molecule has 0 aliphatic rings. The van der Waals surface area contributed by atoms with E-state index in [4.69, 9.17) is 5.73 Å².